The maximum atomic E-state index is 9.54. The van der Waals surface area contributed by atoms with Crippen LogP contribution in [0.15, 0.2) is 24.3 Å². The number of nitrogens with zero attached hydrogens (tertiary/aromatic N) is 1. The maximum absolute atomic E-state index is 9.54. The first kappa shape index (κ1) is 15.0. The van der Waals surface area contributed by atoms with E-state index in [4.69, 9.17) is 0 Å². The summed E-state index contributed by atoms with van der Waals surface area (Å²) in [5.41, 5.74) is 1.20. The molecule has 0 aromatic heterocycles. The highest BCUT2D eigenvalue weighted by Crippen LogP contribution is 2.18. The predicted octanol–water partition coefficient (Wildman–Crippen LogP) is 4.04. The lowest BCUT2D eigenvalue weighted by atomic mass is 10.1. The number of hydrogen-bond acceptors (Lipinski definition) is 2. The van der Waals surface area contributed by atoms with Crippen molar-refractivity contribution in [2.24, 2.45) is 5.92 Å². The van der Waals surface area contributed by atoms with E-state index < -0.39 is 0 Å². The molecule has 1 aromatic carbocycles. The molecule has 0 radical (unpaired) electrons. The van der Waals surface area contributed by atoms with Gasteiger partial charge in [0.05, 0.1) is 0 Å². The van der Waals surface area contributed by atoms with Crippen LogP contribution in [-0.4, -0.2) is 22.6 Å². The first-order valence-electron chi connectivity index (χ1n) is 7.08. The van der Waals surface area contributed by atoms with Gasteiger partial charge in [0, 0.05) is 19.1 Å². The van der Waals surface area contributed by atoms with Crippen molar-refractivity contribution in [2.45, 2.75) is 53.1 Å². The highest BCUT2D eigenvalue weighted by Gasteiger charge is 2.16. The van der Waals surface area contributed by atoms with Crippen LogP contribution in [0.5, 0.6) is 5.75 Å². The molecule has 0 unspecified atom stereocenters. The topological polar surface area (TPSA) is 23.5 Å². The minimum absolute atomic E-state index is 0.363. The summed E-state index contributed by atoms with van der Waals surface area (Å²) >= 11 is 0. The molecule has 0 aliphatic heterocycles. The van der Waals surface area contributed by atoms with E-state index in [2.05, 4.69) is 38.7 Å². The molecule has 1 N–H and O–H groups in total. The van der Waals surface area contributed by atoms with Crippen molar-refractivity contribution in [3.8, 4) is 5.75 Å². The van der Waals surface area contributed by atoms with E-state index in [0.717, 1.165) is 13.1 Å². The molecule has 2 heteroatoms. The van der Waals surface area contributed by atoms with Crippen LogP contribution >= 0.6 is 0 Å². The summed E-state index contributed by atoms with van der Waals surface area (Å²) in [5, 5.41) is 9.54. The van der Waals surface area contributed by atoms with Gasteiger partial charge >= 0.3 is 0 Å². The number of aromatic hydroxyl groups is 1. The smallest absolute Gasteiger partial charge is 0.115 e. The molecule has 0 spiro atoms. The fraction of sp³-hybridized carbons (Fsp3) is 0.625. The van der Waals surface area contributed by atoms with Crippen LogP contribution in [0.2, 0.25) is 0 Å². The molecular formula is C16H27NO. The molecule has 0 amide bonds. The summed E-state index contributed by atoms with van der Waals surface area (Å²) in [7, 11) is 0. The van der Waals surface area contributed by atoms with Crippen molar-refractivity contribution in [3.63, 3.8) is 0 Å². The lowest BCUT2D eigenvalue weighted by Crippen LogP contribution is -2.36. The molecule has 1 aromatic rings. The van der Waals surface area contributed by atoms with Crippen molar-refractivity contribution < 1.29 is 5.11 Å². The molecule has 102 valence electrons. The van der Waals surface area contributed by atoms with Gasteiger partial charge < -0.3 is 5.11 Å². The quantitative estimate of drug-likeness (QED) is 0.788. The molecule has 1 rings (SSSR count). The SMILES string of the molecule is CCC(CC)N(Cc1cccc(O)c1)CC(C)C. The van der Waals surface area contributed by atoms with Gasteiger partial charge in [-0.05, 0) is 36.5 Å². The van der Waals surface area contributed by atoms with E-state index >= 15 is 0 Å². The Morgan fingerprint density at radius 2 is 1.83 bits per heavy atom. The van der Waals surface area contributed by atoms with Crippen LogP contribution in [0.25, 0.3) is 0 Å². The van der Waals surface area contributed by atoms with E-state index in [0.29, 0.717) is 17.7 Å². The Balaban J connectivity index is 2.77. The zero-order valence-electron chi connectivity index (χ0n) is 12.2. The summed E-state index contributed by atoms with van der Waals surface area (Å²) in [6, 6.07) is 8.25. The van der Waals surface area contributed by atoms with Gasteiger partial charge in [-0.3, -0.25) is 4.90 Å². The third-order valence-electron chi connectivity index (χ3n) is 3.35. The molecule has 0 aliphatic rings. The first-order valence-corrected chi connectivity index (χ1v) is 7.08. The molecule has 0 saturated carbocycles. The molecule has 0 aliphatic carbocycles. The summed E-state index contributed by atoms with van der Waals surface area (Å²) in [5.74, 6) is 1.03. The van der Waals surface area contributed by atoms with Gasteiger partial charge in [-0.25, -0.2) is 0 Å². The van der Waals surface area contributed by atoms with Crippen molar-refractivity contribution in [2.75, 3.05) is 6.54 Å². The van der Waals surface area contributed by atoms with Crippen molar-refractivity contribution in [1.29, 1.82) is 0 Å². The third kappa shape index (κ3) is 4.69. The average Bonchev–Trinajstić information content (AvgIpc) is 2.29. The monoisotopic (exact) mass is 249 g/mol. The zero-order valence-corrected chi connectivity index (χ0v) is 12.2. The van der Waals surface area contributed by atoms with Crippen LogP contribution < -0.4 is 0 Å². The van der Waals surface area contributed by atoms with E-state index in [1.54, 1.807) is 6.07 Å². The molecule has 0 bridgehead atoms. The van der Waals surface area contributed by atoms with Crippen molar-refractivity contribution >= 4 is 0 Å². The molecule has 0 heterocycles. The number of benzene rings is 1. The van der Waals surface area contributed by atoms with Gasteiger partial charge in [0.2, 0.25) is 0 Å². The van der Waals surface area contributed by atoms with Crippen LogP contribution in [-0.2, 0) is 6.54 Å². The minimum Gasteiger partial charge on any atom is -0.508 e. The van der Waals surface area contributed by atoms with Gasteiger partial charge in [-0.2, -0.15) is 0 Å². The summed E-state index contributed by atoms with van der Waals surface area (Å²) < 4.78 is 0. The lowest BCUT2D eigenvalue weighted by molar-refractivity contribution is 0.157. The Bertz CT molecular complexity index is 345. The van der Waals surface area contributed by atoms with Gasteiger partial charge in [0.15, 0.2) is 0 Å². The second-order valence-corrected chi connectivity index (χ2v) is 5.46. The second-order valence-electron chi connectivity index (χ2n) is 5.46. The first-order chi connectivity index (χ1) is 8.56. The Hall–Kier alpha value is -1.02. The van der Waals surface area contributed by atoms with Crippen LogP contribution in [0.1, 0.15) is 46.1 Å². The van der Waals surface area contributed by atoms with E-state index in [1.165, 1.54) is 18.4 Å². The molecular weight excluding hydrogens is 222 g/mol. The van der Waals surface area contributed by atoms with Gasteiger partial charge in [-0.15, -0.1) is 0 Å². The van der Waals surface area contributed by atoms with E-state index in [9.17, 15) is 5.11 Å². The summed E-state index contributed by atoms with van der Waals surface area (Å²) in [4.78, 5) is 2.54. The van der Waals surface area contributed by atoms with Crippen LogP contribution in [0.4, 0.5) is 0 Å². The Morgan fingerprint density at radius 3 is 2.33 bits per heavy atom. The number of phenolic OH excluding ortho intramolecular Hbond substituents is 1. The van der Waals surface area contributed by atoms with E-state index in [-0.39, 0.29) is 0 Å². The molecule has 0 saturated heterocycles. The highest BCUT2D eigenvalue weighted by atomic mass is 16.3. The van der Waals surface area contributed by atoms with Crippen LogP contribution in [0.3, 0.4) is 0 Å². The standard InChI is InChI=1S/C16H27NO/c1-5-15(6-2)17(11-13(3)4)12-14-8-7-9-16(18)10-14/h7-10,13,15,18H,5-6,11-12H2,1-4H3. The van der Waals surface area contributed by atoms with Crippen molar-refractivity contribution in [1.82, 2.24) is 4.90 Å². The average molecular weight is 249 g/mol. The predicted molar refractivity (Wildman–Crippen MR) is 77.7 cm³/mol. The van der Waals surface area contributed by atoms with Gasteiger partial charge in [0.25, 0.3) is 0 Å². The minimum atomic E-state index is 0.363. The summed E-state index contributed by atoms with van der Waals surface area (Å²) in [6.07, 6.45) is 2.37. The molecule has 18 heavy (non-hydrogen) atoms. The highest BCUT2D eigenvalue weighted by molar-refractivity contribution is 5.27. The van der Waals surface area contributed by atoms with Crippen LogP contribution in [0, 0.1) is 5.92 Å². The lowest BCUT2D eigenvalue weighted by Gasteiger charge is -2.32. The second kappa shape index (κ2) is 7.42. The maximum Gasteiger partial charge on any atom is 0.115 e. The van der Waals surface area contributed by atoms with Gasteiger partial charge in [-0.1, -0.05) is 39.8 Å². The Labute approximate surface area is 112 Å². The largest absolute Gasteiger partial charge is 0.508 e. The number of phenols is 1. The molecule has 0 atom stereocenters. The van der Waals surface area contributed by atoms with Gasteiger partial charge in [0.1, 0.15) is 5.75 Å². The fourth-order valence-electron chi connectivity index (χ4n) is 2.51. The van der Waals surface area contributed by atoms with Crippen molar-refractivity contribution in [3.05, 3.63) is 29.8 Å². The number of hydrogen-bond donors (Lipinski definition) is 1. The normalized spacial score (nSPS) is 11.7. The Morgan fingerprint density at radius 1 is 1.17 bits per heavy atom. The molecule has 0 fully saturated rings. The third-order valence-corrected chi connectivity index (χ3v) is 3.35. The molecule has 2 nitrogen and oxygen atoms in total. The van der Waals surface area contributed by atoms with E-state index in [1.807, 2.05) is 12.1 Å². The number of rotatable bonds is 7. The zero-order chi connectivity index (χ0) is 13.5. The fourth-order valence-corrected chi connectivity index (χ4v) is 2.51. The summed E-state index contributed by atoms with van der Waals surface area (Å²) in [6.45, 7) is 11.1. The Kier molecular flexibility index (Phi) is 6.20.